The molecule has 0 aromatic heterocycles. The predicted octanol–water partition coefficient (Wildman–Crippen LogP) is 1.91. The maximum atomic E-state index is 11.4. The third-order valence-corrected chi connectivity index (χ3v) is 3.76. The van der Waals surface area contributed by atoms with Crippen LogP contribution >= 0.6 is 31.9 Å². The number of rotatable bonds is 4. The van der Waals surface area contributed by atoms with E-state index in [0.29, 0.717) is 5.69 Å². The van der Waals surface area contributed by atoms with Crippen LogP contribution in [0.3, 0.4) is 0 Å². The largest absolute Gasteiger partial charge is 0.329 e. The number of nitrogens with two attached hydrogens (primary N) is 1. The van der Waals surface area contributed by atoms with E-state index < -0.39 is 10.0 Å². The summed E-state index contributed by atoms with van der Waals surface area (Å²) in [6.45, 7) is 0.102. The summed E-state index contributed by atoms with van der Waals surface area (Å²) in [5.41, 5.74) is 5.69. The molecule has 0 saturated carbocycles. The van der Waals surface area contributed by atoms with Gasteiger partial charge in [-0.2, -0.15) is 0 Å². The van der Waals surface area contributed by atoms with Gasteiger partial charge in [0.25, 0.3) is 0 Å². The van der Waals surface area contributed by atoms with Gasteiger partial charge in [0.05, 0.1) is 11.4 Å². The maximum Gasteiger partial charge on any atom is 0.233 e. The molecule has 0 heterocycles. The Morgan fingerprint density at radius 1 is 1.20 bits per heavy atom. The maximum absolute atomic E-state index is 11.4. The molecule has 0 atom stereocenters. The SMILES string of the molecule is NCCS(=O)(=O)Nc1cc(Br)cc(Br)c1. The molecule has 84 valence electrons. The third kappa shape index (κ3) is 4.50. The quantitative estimate of drug-likeness (QED) is 0.864. The van der Waals surface area contributed by atoms with E-state index in [9.17, 15) is 8.42 Å². The number of anilines is 1. The molecule has 0 saturated heterocycles. The Morgan fingerprint density at radius 3 is 2.20 bits per heavy atom. The summed E-state index contributed by atoms with van der Waals surface area (Å²) in [4.78, 5) is 0. The molecule has 0 bridgehead atoms. The van der Waals surface area contributed by atoms with Crippen LogP contribution in [0.25, 0.3) is 0 Å². The average molecular weight is 358 g/mol. The van der Waals surface area contributed by atoms with Crippen molar-refractivity contribution in [1.82, 2.24) is 0 Å². The Kier molecular flexibility index (Phi) is 4.57. The molecule has 7 heteroatoms. The summed E-state index contributed by atoms with van der Waals surface area (Å²) in [6.07, 6.45) is 0. The summed E-state index contributed by atoms with van der Waals surface area (Å²) >= 11 is 6.54. The molecule has 0 aliphatic heterocycles. The van der Waals surface area contributed by atoms with Crippen molar-refractivity contribution in [2.45, 2.75) is 0 Å². The Bertz CT molecular complexity index is 428. The van der Waals surface area contributed by atoms with Crippen molar-refractivity contribution in [3.05, 3.63) is 27.1 Å². The van der Waals surface area contributed by atoms with Crippen LogP contribution in [-0.2, 0) is 10.0 Å². The fourth-order valence-corrected chi connectivity index (χ4v) is 3.18. The topological polar surface area (TPSA) is 72.2 Å². The Hall–Kier alpha value is -0.110. The van der Waals surface area contributed by atoms with Gasteiger partial charge >= 0.3 is 0 Å². The number of hydrogen-bond acceptors (Lipinski definition) is 3. The monoisotopic (exact) mass is 356 g/mol. The van der Waals surface area contributed by atoms with Crippen molar-refractivity contribution in [3.63, 3.8) is 0 Å². The summed E-state index contributed by atoms with van der Waals surface area (Å²) in [5.74, 6) is -0.0862. The van der Waals surface area contributed by atoms with Crippen LogP contribution in [-0.4, -0.2) is 20.7 Å². The van der Waals surface area contributed by atoms with Crippen LogP contribution in [0.15, 0.2) is 27.1 Å². The van der Waals surface area contributed by atoms with Gasteiger partial charge in [-0.05, 0) is 18.2 Å². The first-order valence-corrected chi connectivity index (χ1v) is 7.33. The predicted molar refractivity (Wildman–Crippen MR) is 68.3 cm³/mol. The van der Waals surface area contributed by atoms with E-state index in [1.807, 2.05) is 6.07 Å². The van der Waals surface area contributed by atoms with Crippen molar-refractivity contribution in [1.29, 1.82) is 0 Å². The number of hydrogen-bond donors (Lipinski definition) is 2. The second-order valence-corrected chi connectivity index (χ2v) is 6.54. The standard InChI is InChI=1S/C8H10Br2N2O2S/c9-6-3-7(10)5-8(4-6)12-15(13,14)2-1-11/h3-5,12H,1-2,11H2. The normalized spacial score (nSPS) is 11.4. The summed E-state index contributed by atoms with van der Waals surface area (Å²) in [5, 5.41) is 0. The van der Waals surface area contributed by atoms with Gasteiger partial charge < -0.3 is 5.73 Å². The molecule has 0 aliphatic carbocycles. The lowest BCUT2D eigenvalue weighted by atomic mass is 10.3. The van der Waals surface area contributed by atoms with Crippen molar-refractivity contribution < 1.29 is 8.42 Å². The zero-order valence-corrected chi connectivity index (χ0v) is 11.7. The highest BCUT2D eigenvalue weighted by atomic mass is 79.9. The van der Waals surface area contributed by atoms with Crippen LogP contribution in [0.1, 0.15) is 0 Å². The molecule has 1 rings (SSSR count). The number of nitrogens with one attached hydrogen (secondary N) is 1. The molecule has 0 fully saturated rings. The Morgan fingerprint density at radius 2 is 1.73 bits per heavy atom. The minimum absolute atomic E-state index is 0.0862. The molecule has 1 aromatic rings. The molecule has 4 nitrogen and oxygen atoms in total. The lowest BCUT2D eigenvalue weighted by molar-refractivity contribution is 0.601. The third-order valence-electron chi connectivity index (χ3n) is 1.52. The Labute approximate surface area is 106 Å². The minimum atomic E-state index is -3.33. The molecular formula is C8H10Br2N2O2S. The van der Waals surface area contributed by atoms with Gasteiger partial charge in [0.2, 0.25) is 10.0 Å². The van der Waals surface area contributed by atoms with E-state index in [1.165, 1.54) is 0 Å². The highest BCUT2D eigenvalue weighted by Crippen LogP contribution is 2.23. The zero-order valence-electron chi connectivity index (χ0n) is 7.70. The molecule has 3 N–H and O–H groups in total. The zero-order chi connectivity index (χ0) is 11.5. The second-order valence-electron chi connectivity index (χ2n) is 2.87. The first-order chi connectivity index (χ1) is 6.93. The van der Waals surface area contributed by atoms with Crippen LogP contribution < -0.4 is 10.5 Å². The van der Waals surface area contributed by atoms with Crippen LogP contribution in [0.2, 0.25) is 0 Å². The van der Waals surface area contributed by atoms with Gasteiger partial charge in [-0.1, -0.05) is 31.9 Å². The Balaban J connectivity index is 2.90. The van der Waals surface area contributed by atoms with E-state index in [-0.39, 0.29) is 12.3 Å². The fraction of sp³-hybridized carbons (Fsp3) is 0.250. The van der Waals surface area contributed by atoms with Gasteiger partial charge in [-0.15, -0.1) is 0 Å². The fourth-order valence-electron chi connectivity index (χ4n) is 0.998. The highest BCUT2D eigenvalue weighted by molar-refractivity contribution is 9.11. The van der Waals surface area contributed by atoms with Crippen molar-refractivity contribution >= 4 is 47.6 Å². The minimum Gasteiger partial charge on any atom is -0.329 e. The van der Waals surface area contributed by atoms with Gasteiger partial charge in [0.1, 0.15) is 0 Å². The summed E-state index contributed by atoms with van der Waals surface area (Å²) in [6, 6.07) is 5.18. The highest BCUT2D eigenvalue weighted by Gasteiger charge is 2.09. The first-order valence-electron chi connectivity index (χ1n) is 4.09. The first kappa shape index (κ1) is 13.0. The molecular weight excluding hydrogens is 348 g/mol. The van der Waals surface area contributed by atoms with E-state index >= 15 is 0 Å². The molecule has 0 aliphatic rings. The molecule has 0 radical (unpaired) electrons. The van der Waals surface area contributed by atoms with Crippen molar-refractivity contribution in [3.8, 4) is 0 Å². The van der Waals surface area contributed by atoms with Crippen LogP contribution in [0.4, 0.5) is 5.69 Å². The van der Waals surface area contributed by atoms with Gasteiger partial charge in [0, 0.05) is 15.5 Å². The van der Waals surface area contributed by atoms with Crippen LogP contribution in [0.5, 0.6) is 0 Å². The van der Waals surface area contributed by atoms with E-state index in [0.717, 1.165) is 8.95 Å². The van der Waals surface area contributed by atoms with Crippen LogP contribution in [0, 0.1) is 0 Å². The lowest BCUT2D eigenvalue weighted by Crippen LogP contribution is -2.22. The number of benzene rings is 1. The van der Waals surface area contributed by atoms with E-state index in [4.69, 9.17) is 5.73 Å². The lowest BCUT2D eigenvalue weighted by Gasteiger charge is -2.07. The van der Waals surface area contributed by atoms with E-state index in [2.05, 4.69) is 36.6 Å². The van der Waals surface area contributed by atoms with Gasteiger partial charge in [-0.25, -0.2) is 8.42 Å². The number of sulfonamides is 1. The molecule has 15 heavy (non-hydrogen) atoms. The molecule has 1 aromatic carbocycles. The number of halogens is 2. The molecule has 0 unspecified atom stereocenters. The molecule has 0 spiro atoms. The van der Waals surface area contributed by atoms with Crippen molar-refractivity contribution in [2.24, 2.45) is 5.73 Å². The average Bonchev–Trinajstić information content (AvgIpc) is 1.99. The molecule has 0 amide bonds. The van der Waals surface area contributed by atoms with Crippen molar-refractivity contribution in [2.75, 3.05) is 17.0 Å². The summed E-state index contributed by atoms with van der Waals surface area (Å²) in [7, 11) is -3.33. The van der Waals surface area contributed by atoms with Gasteiger partial charge in [0.15, 0.2) is 0 Å². The smallest absolute Gasteiger partial charge is 0.233 e. The van der Waals surface area contributed by atoms with Gasteiger partial charge in [-0.3, -0.25) is 4.72 Å². The van der Waals surface area contributed by atoms with E-state index in [1.54, 1.807) is 12.1 Å². The summed E-state index contributed by atoms with van der Waals surface area (Å²) < 4.78 is 26.8. The second kappa shape index (κ2) is 5.29.